The van der Waals surface area contributed by atoms with Crippen LogP contribution in [-0.4, -0.2) is 74.9 Å². The van der Waals surface area contributed by atoms with Gasteiger partial charge in [0.15, 0.2) is 6.10 Å². The Morgan fingerprint density at radius 2 is 0.948 bits per heavy atom. The lowest BCUT2D eigenvalue weighted by Crippen LogP contribution is -2.37. The summed E-state index contributed by atoms with van der Waals surface area (Å²) in [5, 5.41) is 0. The maximum atomic E-state index is 12.7. The molecule has 0 bridgehead atoms. The monoisotopic (exact) mass is 837 g/mol. The van der Waals surface area contributed by atoms with Gasteiger partial charge >= 0.3 is 19.8 Å². The molecule has 0 aliphatic heterocycles. The lowest BCUT2D eigenvalue weighted by atomic mass is 10.1. The number of ether oxygens (including phenoxy) is 2. The fraction of sp³-hybridized carbons (Fsp3) is 0.750. The smallest absolute Gasteiger partial charge is 0.462 e. The third kappa shape index (κ3) is 43.3. The number of unbranched alkanes of at least 4 members (excludes halogenated alkanes) is 17. The Morgan fingerprint density at radius 3 is 1.45 bits per heavy atom. The first-order valence-electron chi connectivity index (χ1n) is 23.0. The number of carbonyl (C=O) groups excluding carboxylic acids is 2. The number of nitrogens with zero attached hydrogens (tertiary/aromatic N) is 1. The molecule has 0 aromatic heterocycles. The molecular formula is C48H87NO8P+. The van der Waals surface area contributed by atoms with Crippen molar-refractivity contribution in [2.45, 2.75) is 187 Å². The second kappa shape index (κ2) is 40.1. The number of likely N-dealkylation sites (N-methyl/N-ethyl adjacent to an activating group) is 1. The lowest BCUT2D eigenvalue weighted by molar-refractivity contribution is -0.870. The minimum Gasteiger partial charge on any atom is -0.462 e. The van der Waals surface area contributed by atoms with Crippen molar-refractivity contribution < 1.29 is 42.1 Å². The number of phosphoric acid groups is 1. The second-order valence-corrected chi connectivity index (χ2v) is 17.9. The highest BCUT2D eigenvalue weighted by molar-refractivity contribution is 7.47. The van der Waals surface area contributed by atoms with Gasteiger partial charge in [0.25, 0.3) is 0 Å². The number of esters is 2. The Hall–Kier alpha value is -2.29. The zero-order chi connectivity index (χ0) is 42.8. The molecule has 0 amide bonds. The van der Waals surface area contributed by atoms with Gasteiger partial charge in [0, 0.05) is 12.8 Å². The van der Waals surface area contributed by atoms with Gasteiger partial charge in [-0.1, -0.05) is 152 Å². The molecule has 58 heavy (non-hydrogen) atoms. The first-order chi connectivity index (χ1) is 28.0. The Morgan fingerprint density at radius 1 is 0.534 bits per heavy atom. The van der Waals surface area contributed by atoms with E-state index in [1.807, 2.05) is 27.2 Å². The molecule has 336 valence electrons. The van der Waals surface area contributed by atoms with E-state index in [1.165, 1.54) is 89.9 Å². The van der Waals surface area contributed by atoms with E-state index >= 15 is 0 Å². The van der Waals surface area contributed by atoms with Gasteiger partial charge < -0.3 is 18.9 Å². The molecule has 0 heterocycles. The van der Waals surface area contributed by atoms with Crippen molar-refractivity contribution in [1.29, 1.82) is 0 Å². The van der Waals surface area contributed by atoms with Gasteiger partial charge in [0.05, 0.1) is 27.7 Å². The molecule has 10 heteroatoms. The zero-order valence-corrected chi connectivity index (χ0v) is 38.7. The van der Waals surface area contributed by atoms with Gasteiger partial charge in [0.1, 0.15) is 19.8 Å². The highest BCUT2D eigenvalue weighted by Crippen LogP contribution is 2.43. The Bertz CT molecular complexity index is 1170. The molecule has 0 aliphatic carbocycles. The number of carbonyl (C=O) groups is 2. The third-order valence-electron chi connectivity index (χ3n) is 9.52. The highest BCUT2D eigenvalue weighted by atomic mass is 31.2. The zero-order valence-electron chi connectivity index (χ0n) is 37.8. The molecular weight excluding hydrogens is 750 g/mol. The molecule has 0 spiro atoms. The number of hydrogen-bond donors (Lipinski definition) is 1. The molecule has 9 nitrogen and oxygen atoms in total. The van der Waals surface area contributed by atoms with E-state index < -0.39 is 32.5 Å². The Balaban J connectivity index is 4.45. The molecule has 1 unspecified atom stereocenters. The van der Waals surface area contributed by atoms with Crippen LogP contribution in [-0.2, 0) is 32.7 Å². The number of rotatable bonds is 41. The third-order valence-corrected chi connectivity index (χ3v) is 10.5. The summed E-state index contributed by atoms with van der Waals surface area (Å²) in [5.74, 6) is -0.886. The van der Waals surface area contributed by atoms with Crippen molar-refractivity contribution in [3.05, 3.63) is 60.8 Å². The van der Waals surface area contributed by atoms with E-state index in [4.69, 9.17) is 18.5 Å². The fourth-order valence-corrected chi connectivity index (χ4v) is 6.62. The average Bonchev–Trinajstić information content (AvgIpc) is 3.17. The quantitative estimate of drug-likeness (QED) is 0.0213. The van der Waals surface area contributed by atoms with E-state index in [2.05, 4.69) is 68.5 Å². The van der Waals surface area contributed by atoms with Gasteiger partial charge in [-0.15, -0.1) is 0 Å². The van der Waals surface area contributed by atoms with Crippen LogP contribution in [0.1, 0.15) is 181 Å². The van der Waals surface area contributed by atoms with Crippen LogP contribution in [0.2, 0.25) is 0 Å². The van der Waals surface area contributed by atoms with Crippen LogP contribution in [0, 0.1) is 0 Å². The largest absolute Gasteiger partial charge is 0.472 e. The molecule has 0 rings (SSSR count). The Labute approximate surface area is 356 Å². The van der Waals surface area contributed by atoms with E-state index in [0.717, 1.165) is 44.9 Å². The molecule has 0 aromatic carbocycles. The molecule has 0 saturated heterocycles. The number of hydrogen-bond acceptors (Lipinski definition) is 7. The standard InChI is InChI=1S/C48H86NO8P/c1-6-8-10-12-14-16-18-20-21-22-23-24-25-26-27-29-31-33-35-37-39-41-48(51)57-46(45-56-58(52,53)55-43-42-49(3,4)5)44-54-47(50)40-38-36-34-32-30-28-19-17-15-13-11-9-7-2/h21-22,24-25,27-30,33,35,46H,6-20,23,26,31-32,34,36-45H2,1-5H3/p+1/b22-21+,25-24+,29-27+,30-28+,35-33+/t46-/m1/s1. The van der Waals surface area contributed by atoms with Gasteiger partial charge in [-0.3, -0.25) is 18.6 Å². The molecule has 0 aliphatic rings. The lowest BCUT2D eigenvalue weighted by Gasteiger charge is -2.24. The predicted molar refractivity (Wildman–Crippen MR) is 243 cm³/mol. The highest BCUT2D eigenvalue weighted by Gasteiger charge is 2.27. The molecule has 1 N–H and O–H groups in total. The maximum absolute atomic E-state index is 12.7. The Kier molecular flexibility index (Phi) is 38.5. The SMILES string of the molecule is CCCCCCCC/C=C/CCCCCC(=O)OC[C@H](COP(=O)(O)OCC[N+](C)(C)C)OC(=O)CCC/C=C/C/C=C/C/C=C/C/C=C/CCCCCCCCC. The molecule has 0 radical (unpaired) electrons. The van der Waals surface area contributed by atoms with Gasteiger partial charge in [-0.25, -0.2) is 4.57 Å². The first-order valence-corrected chi connectivity index (χ1v) is 24.5. The van der Waals surface area contributed by atoms with Crippen molar-refractivity contribution in [3.63, 3.8) is 0 Å². The van der Waals surface area contributed by atoms with Gasteiger partial charge in [0.2, 0.25) is 0 Å². The van der Waals surface area contributed by atoms with Crippen molar-refractivity contribution in [2.24, 2.45) is 0 Å². The molecule has 0 saturated carbocycles. The fourth-order valence-electron chi connectivity index (χ4n) is 5.88. The predicted octanol–water partition coefficient (Wildman–Crippen LogP) is 13.2. The van der Waals surface area contributed by atoms with Crippen LogP contribution in [0.25, 0.3) is 0 Å². The van der Waals surface area contributed by atoms with E-state index in [9.17, 15) is 19.0 Å². The molecule has 0 fully saturated rings. The van der Waals surface area contributed by atoms with Crippen molar-refractivity contribution in [3.8, 4) is 0 Å². The van der Waals surface area contributed by atoms with Crippen molar-refractivity contribution in [2.75, 3.05) is 47.5 Å². The van der Waals surface area contributed by atoms with Crippen LogP contribution in [0.15, 0.2) is 60.8 Å². The number of phosphoric ester groups is 1. The van der Waals surface area contributed by atoms with Crippen LogP contribution in [0.4, 0.5) is 0 Å². The average molecular weight is 837 g/mol. The van der Waals surface area contributed by atoms with E-state index in [-0.39, 0.29) is 26.1 Å². The topological polar surface area (TPSA) is 108 Å². The summed E-state index contributed by atoms with van der Waals surface area (Å²) in [6.07, 6.45) is 48.5. The van der Waals surface area contributed by atoms with E-state index in [1.54, 1.807) is 0 Å². The number of allylic oxidation sites excluding steroid dienone is 10. The van der Waals surface area contributed by atoms with Gasteiger partial charge in [-0.05, 0) is 77.0 Å². The first kappa shape index (κ1) is 55.7. The summed E-state index contributed by atoms with van der Waals surface area (Å²) >= 11 is 0. The summed E-state index contributed by atoms with van der Waals surface area (Å²) < 4.78 is 34.2. The van der Waals surface area contributed by atoms with Crippen LogP contribution < -0.4 is 0 Å². The minimum atomic E-state index is -4.39. The molecule has 2 atom stereocenters. The van der Waals surface area contributed by atoms with Gasteiger partial charge in [-0.2, -0.15) is 0 Å². The summed E-state index contributed by atoms with van der Waals surface area (Å²) in [4.78, 5) is 35.3. The van der Waals surface area contributed by atoms with Crippen molar-refractivity contribution >= 4 is 19.8 Å². The minimum absolute atomic E-state index is 0.0171. The number of quaternary nitrogens is 1. The normalized spacial score (nSPS) is 14.1. The second-order valence-electron chi connectivity index (χ2n) is 16.4. The summed E-state index contributed by atoms with van der Waals surface area (Å²) in [6, 6.07) is 0. The maximum Gasteiger partial charge on any atom is 0.472 e. The summed E-state index contributed by atoms with van der Waals surface area (Å²) in [5.41, 5.74) is 0. The van der Waals surface area contributed by atoms with E-state index in [0.29, 0.717) is 30.3 Å². The summed E-state index contributed by atoms with van der Waals surface area (Å²) in [7, 11) is 1.43. The van der Waals surface area contributed by atoms with Crippen molar-refractivity contribution in [1.82, 2.24) is 0 Å². The molecule has 0 aromatic rings. The van der Waals surface area contributed by atoms with Crippen LogP contribution >= 0.6 is 7.82 Å². The summed E-state index contributed by atoms with van der Waals surface area (Å²) in [6.45, 7) is 4.32. The van der Waals surface area contributed by atoms with Crippen LogP contribution in [0.3, 0.4) is 0 Å². The van der Waals surface area contributed by atoms with Crippen LogP contribution in [0.5, 0.6) is 0 Å².